The molecule has 0 aromatic carbocycles. The summed E-state index contributed by atoms with van der Waals surface area (Å²) in [5, 5.41) is 15.0. The Morgan fingerprint density at radius 3 is 2.95 bits per heavy atom. The van der Waals surface area contributed by atoms with Gasteiger partial charge in [-0.2, -0.15) is 5.10 Å². The lowest BCUT2D eigenvalue weighted by Crippen LogP contribution is -2.10. The maximum Gasteiger partial charge on any atom is 0.0975 e. The van der Waals surface area contributed by atoms with Crippen LogP contribution in [0.2, 0.25) is 5.02 Å². The van der Waals surface area contributed by atoms with E-state index in [1.54, 1.807) is 17.1 Å². The van der Waals surface area contributed by atoms with Crippen LogP contribution in [0.25, 0.3) is 0 Å². The van der Waals surface area contributed by atoms with E-state index in [0.29, 0.717) is 17.1 Å². The lowest BCUT2D eigenvalue weighted by molar-refractivity contribution is 0.156. The van der Waals surface area contributed by atoms with Gasteiger partial charge in [0.15, 0.2) is 0 Å². The van der Waals surface area contributed by atoms with Crippen LogP contribution in [-0.2, 0) is 13.0 Å². The van der Waals surface area contributed by atoms with E-state index in [0.717, 1.165) is 25.1 Å². The summed E-state index contributed by atoms with van der Waals surface area (Å²) in [5.41, 5.74) is 1.68. The number of rotatable bonds is 6. The second-order valence-electron chi connectivity index (χ2n) is 4.48. The number of aliphatic hydroxyl groups excluding tert-OH is 1. The molecule has 0 saturated heterocycles. The number of aliphatic hydroxyl groups is 1. The Bertz CT molecular complexity index is 513. The van der Waals surface area contributed by atoms with Gasteiger partial charge in [-0.25, -0.2) is 0 Å². The summed E-state index contributed by atoms with van der Waals surface area (Å²) in [5.74, 6) is 0. The van der Waals surface area contributed by atoms with Gasteiger partial charge in [-0.1, -0.05) is 24.6 Å². The van der Waals surface area contributed by atoms with Crippen molar-refractivity contribution < 1.29 is 5.11 Å². The fraction of sp³-hybridized carbons (Fsp3) is 0.429. The maximum absolute atomic E-state index is 10.3. The number of aromatic nitrogens is 3. The predicted molar refractivity (Wildman–Crippen MR) is 75.0 cm³/mol. The van der Waals surface area contributed by atoms with Gasteiger partial charge in [-0.05, 0) is 31.4 Å². The van der Waals surface area contributed by atoms with Gasteiger partial charge in [0.2, 0.25) is 0 Å². The molecule has 2 aromatic rings. The molecular formula is C14H18ClN3O. The van der Waals surface area contributed by atoms with Crippen LogP contribution in [0.3, 0.4) is 0 Å². The minimum atomic E-state index is -0.608. The Labute approximate surface area is 118 Å². The SMILES string of the molecule is CCCn1ncc(Cl)c1C(O)CCc1ccccn1. The van der Waals surface area contributed by atoms with Gasteiger partial charge in [0.25, 0.3) is 0 Å². The van der Waals surface area contributed by atoms with E-state index < -0.39 is 6.10 Å². The third-order valence-corrected chi connectivity index (χ3v) is 3.28. The number of hydrogen-bond donors (Lipinski definition) is 1. The maximum atomic E-state index is 10.3. The van der Waals surface area contributed by atoms with Crippen LogP contribution in [-0.4, -0.2) is 19.9 Å². The van der Waals surface area contributed by atoms with E-state index in [2.05, 4.69) is 17.0 Å². The van der Waals surface area contributed by atoms with E-state index in [1.165, 1.54) is 0 Å². The number of nitrogens with zero attached hydrogens (tertiary/aromatic N) is 3. The van der Waals surface area contributed by atoms with Crippen LogP contribution in [0.15, 0.2) is 30.6 Å². The molecule has 2 aromatic heterocycles. The van der Waals surface area contributed by atoms with Crippen molar-refractivity contribution in [1.82, 2.24) is 14.8 Å². The molecule has 2 heterocycles. The normalized spacial score (nSPS) is 12.6. The van der Waals surface area contributed by atoms with Crippen LogP contribution in [0.4, 0.5) is 0 Å². The van der Waals surface area contributed by atoms with Gasteiger partial charge in [0, 0.05) is 18.4 Å². The molecule has 0 spiro atoms. The summed E-state index contributed by atoms with van der Waals surface area (Å²) in [4.78, 5) is 4.25. The van der Waals surface area contributed by atoms with Crippen molar-refractivity contribution in [3.05, 3.63) is 47.0 Å². The molecule has 0 radical (unpaired) electrons. The van der Waals surface area contributed by atoms with Crippen molar-refractivity contribution in [2.24, 2.45) is 0 Å². The smallest absolute Gasteiger partial charge is 0.0975 e. The zero-order valence-corrected chi connectivity index (χ0v) is 11.7. The first kappa shape index (κ1) is 14.0. The Morgan fingerprint density at radius 2 is 2.26 bits per heavy atom. The molecule has 19 heavy (non-hydrogen) atoms. The highest BCUT2D eigenvalue weighted by molar-refractivity contribution is 6.31. The van der Waals surface area contributed by atoms with Crippen LogP contribution in [0, 0.1) is 0 Å². The largest absolute Gasteiger partial charge is 0.387 e. The molecule has 0 aliphatic rings. The van der Waals surface area contributed by atoms with Crippen molar-refractivity contribution in [1.29, 1.82) is 0 Å². The highest BCUT2D eigenvalue weighted by atomic mass is 35.5. The highest BCUT2D eigenvalue weighted by Gasteiger charge is 2.17. The second-order valence-corrected chi connectivity index (χ2v) is 4.88. The van der Waals surface area contributed by atoms with Crippen LogP contribution in [0.1, 0.15) is 37.3 Å². The van der Waals surface area contributed by atoms with E-state index in [4.69, 9.17) is 11.6 Å². The summed E-state index contributed by atoms with van der Waals surface area (Å²) in [7, 11) is 0. The van der Waals surface area contributed by atoms with Crippen LogP contribution in [0.5, 0.6) is 0 Å². The van der Waals surface area contributed by atoms with Crippen molar-refractivity contribution in [3.63, 3.8) is 0 Å². The van der Waals surface area contributed by atoms with Gasteiger partial charge in [-0.15, -0.1) is 0 Å². The van der Waals surface area contributed by atoms with Crippen molar-refractivity contribution in [3.8, 4) is 0 Å². The van der Waals surface area contributed by atoms with E-state index in [-0.39, 0.29) is 0 Å². The fourth-order valence-electron chi connectivity index (χ4n) is 2.06. The third-order valence-electron chi connectivity index (χ3n) is 2.98. The Balaban J connectivity index is 2.03. The van der Waals surface area contributed by atoms with Gasteiger partial charge < -0.3 is 5.11 Å². The number of pyridine rings is 1. The molecule has 0 amide bonds. The molecule has 5 heteroatoms. The molecule has 1 N–H and O–H groups in total. The second kappa shape index (κ2) is 6.68. The Hall–Kier alpha value is -1.39. The predicted octanol–water partition coefficient (Wildman–Crippen LogP) is 3.01. The van der Waals surface area contributed by atoms with Crippen LogP contribution >= 0.6 is 11.6 Å². The average molecular weight is 280 g/mol. The van der Waals surface area contributed by atoms with E-state index >= 15 is 0 Å². The monoisotopic (exact) mass is 279 g/mol. The topological polar surface area (TPSA) is 50.9 Å². The highest BCUT2D eigenvalue weighted by Crippen LogP contribution is 2.26. The van der Waals surface area contributed by atoms with Gasteiger partial charge in [-0.3, -0.25) is 9.67 Å². The zero-order valence-electron chi connectivity index (χ0n) is 11.0. The van der Waals surface area contributed by atoms with Crippen molar-refractivity contribution >= 4 is 11.6 Å². The quantitative estimate of drug-likeness (QED) is 0.884. The average Bonchev–Trinajstić information content (AvgIpc) is 2.79. The van der Waals surface area contributed by atoms with Crippen molar-refractivity contribution in [2.45, 2.75) is 38.8 Å². The molecule has 102 valence electrons. The van der Waals surface area contributed by atoms with Gasteiger partial charge >= 0.3 is 0 Å². The third kappa shape index (κ3) is 3.55. The van der Waals surface area contributed by atoms with Gasteiger partial charge in [0.1, 0.15) is 0 Å². The summed E-state index contributed by atoms with van der Waals surface area (Å²) in [6.45, 7) is 2.84. The number of hydrogen-bond acceptors (Lipinski definition) is 3. The molecule has 2 rings (SSSR count). The van der Waals surface area contributed by atoms with Gasteiger partial charge in [0.05, 0.1) is 23.0 Å². The minimum absolute atomic E-state index is 0.530. The molecule has 1 unspecified atom stereocenters. The Kier molecular flexibility index (Phi) is 4.93. The number of halogens is 1. The van der Waals surface area contributed by atoms with Crippen LogP contribution < -0.4 is 0 Å². The molecule has 4 nitrogen and oxygen atoms in total. The zero-order chi connectivity index (χ0) is 13.7. The first-order chi connectivity index (χ1) is 9.22. The lowest BCUT2D eigenvalue weighted by Gasteiger charge is -2.13. The molecule has 0 aliphatic carbocycles. The summed E-state index contributed by atoms with van der Waals surface area (Å²) in [6, 6.07) is 5.79. The minimum Gasteiger partial charge on any atom is -0.387 e. The molecule has 0 saturated carbocycles. The standard InChI is InChI=1S/C14H18ClN3O/c1-2-9-18-14(12(15)10-17-18)13(19)7-6-11-5-3-4-8-16-11/h3-5,8,10,13,19H,2,6-7,9H2,1H3. The molecule has 0 bridgehead atoms. The number of aryl methyl sites for hydroxylation is 2. The summed E-state index contributed by atoms with van der Waals surface area (Å²) < 4.78 is 1.78. The Morgan fingerprint density at radius 1 is 1.42 bits per heavy atom. The van der Waals surface area contributed by atoms with E-state index in [1.807, 2.05) is 18.2 Å². The fourth-order valence-corrected chi connectivity index (χ4v) is 2.33. The molecule has 0 fully saturated rings. The molecule has 0 aliphatic heterocycles. The summed E-state index contributed by atoms with van der Waals surface area (Å²) >= 11 is 6.10. The molecule has 1 atom stereocenters. The summed E-state index contributed by atoms with van der Waals surface area (Å²) in [6.07, 6.45) is 5.01. The first-order valence-electron chi connectivity index (χ1n) is 6.51. The molecular weight excluding hydrogens is 262 g/mol. The van der Waals surface area contributed by atoms with Crippen molar-refractivity contribution in [2.75, 3.05) is 0 Å². The lowest BCUT2D eigenvalue weighted by atomic mass is 10.1. The van der Waals surface area contributed by atoms with E-state index in [9.17, 15) is 5.11 Å². The first-order valence-corrected chi connectivity index (χ1v) is 6.89.